The highest BCUT2D eigenvalue weighted by molar-refractivity contribution is 6.32. The third kappa shape index (κ3) is 5.02. The number of hydrogen-bond donors (Lipinski definition) is 2. The normalized spacial score (nSPS) is 14.2. The van der Waals surface area contributed by atoms with Gasteiger partial charge < -0.3 is 14.8 Å². The molecule has 9 heteroatoms. The molecule has 3 aromatic rings. The van der Waals surface area contributed by atoms with Crippen molar-refractivity contribution >= 4 is 46.8 Å². The third-order valence-electron chi connectivity index (χ3n) is 4.88. The number of nitrogens with one attached hydrogen (secondary N) is 2. The molecule has 0 saturated carbocycles. The van der Waals surface area contributed by atoms with Gasteiger partial charge in [-0.2, -0.15) is 0 Å². The molecule has 8 nitrogen and oxygen atoms in total. The Hall–Kier alpha value is -4.30. The maximum atomic E-state index is 12.9. The van der Waals surface area contributed by atoms with Gasteiger partial charge in [0.05, 0.1) is 12.8 Å². The topological polar surface area (TPSA) is 97.0 Å². The van der Waals surface area contributed by atoms with E-state index in [1.54, 1.807) is 54.6 Å². The van der Waals surface area contributed by atoms with E-state index in [2.05, 4.69) is 10.7 Å². The Morgan fingerprint density at radius 3 is 2.41 bits per heavy atom. The zero-order valence-corrected chi connectivity index (χ0v) is 18.8. The van der Waals surface area contributed by atoms with E-state index in [-0.39, 0.29) is 23.7 Å². The lowest BCUT2D eigenvalue weighted by atomic mass is 10.1. The largest absolute Gasteiger partial charge is 0.493 e. The van der Waals surface area contributed by atoms with Crippen LogP contribution in [-0.2, 0) is 14.4 Å². The van der Waals surface area contributed by atoms with Crippen LogP contribution in [0.4, 0.5) is 11.4 Å². The Labute approximate surface area is 200 Å². The number of ether oxygens (including phenoxy) is 2. The van der Waals surface area contributed by atoms with Crippen molar-refractivity contribution in [1.29, 1.82) is 0 Å². The van der Waals surface area contributed by atoms with Gasteiger partial charge in [-0.15, -0.1) is 0 Å². The Morgan fingerprint density at radius 1 is 1.06 bits per heavy atom. The van der Waals surface area contributed by atoms with Crippen molar-refractivity contribution in [2.75, 3.05) is 24.0 Å². The Kier molecular flexibility index (Phi) is 6.79. The summed E-state index contributed by atoms with van der Waals surface area (Å²) >= 11 is 6.21. The summed E-state index contributed by atoms with van der Waals surface area (Å²) in [6.07, 6.45) is 1.36. The first-order chi connectivity index (χ1) is 16.5. The summed E-state index contributed by atoms with van der Waals surface area (Å²) in [5, 5.41) is 4.18. The highest BCUT2D eigenvalue weighted by atomic mass is 35.5. The molecule has 0 bridgehead atoms. The van der Waals surface area contributed by atoms with E-state index in [1.807, 2.05) is 6.07 Å². The number of para-hydroxylation sites is 2. The van der Waals surface area contributed by atoms with Crippen LogP contribution in [0.15, 0.2) is 78.4 Å². The molecule has 0 atom stereocenters. The summed E-state index contributed by atoms with van der Waals surface area (Å²) in [7, 11) is 1.42. The molecule has 1 aliphatic rings. The second kappa shape index (κ2) is 10.1. The zero-order chi connectivity index (χ0) is 24.1. The van der Waals surface area contributed by atoms with Gasteiger partial charge in [0, 0.05) is 22.3 Å². The molecule has 3 amide bonds. The smallest absolute Gasteiger partial charge is 0.282 e. The van der Waals surface area contributed by atoms with Crippen molar-refractivity contribution in [2.45, 2.75) is 0 Å². The maximum absolute atomic E-state index is 12.9. The molecule has 1 fully saturated rings. The second-order valence-corrected chi connectivity index (χ2v) is 7.64. The number of hydrazine groups is 1. The van der Waals surface area contributed by atoms with Gasteiger partial charge in [-0.25, -0.2) is 5.01 Å². The molecule has 3 aromatic carbocycles. The summed E-state index contributed by atoms with van der Waals surface area (Å²) in [6, 6.07) is 20.7. The molecule has 0 spiro atoms. The van der Waals surface area contributed by atoms with Gasteiger partial charge in [0.2, 0.25) is 0 Å². The number of halogens is 1. The van der Waals surface area contributed by atoms with Crippen molar-refractivity contribution in [1.82, 2.24) is 5.43 Å². The highest BCUT2D eigenvalue weighted by Crippen LogP contribution is 2.37. The molecular weight excluding hydrogens is 458 g/mol. The first-order valence-electron chi connectivity index (χ1n) is 10.2. The van der Waals surface area contributed by atoms with Crippen LogP contribution in [0.1, 0.15) is 5.56 Å². The summed E-state index contributed by atoms with van der Waals surface area (Å²) < 4.78 is 11.1. The molecule has 34 heavy (non-hydrogen) atoms. The number of anilines is 2. The average Bonchev–Trinajstić information content (AvgIpc) is 3.12. The second-order valence-electron chi connectivity index (χ2n) is 7.20. The van der Waals surface area contributed by atoms with Gasteiger partial charge in [0.25, 0.3) is 17.7 Å². The molecule has 4 rings (SSSR count). The maximum Gasteiger partial charge on any atom is 0.282 e. The quantitative estimate of drug-likeness (QED) is 0.398. The first kappa shape index (κ1) is 22.9. The standard InChI is InChI=1S/C25H20ClN3O5/c1-33-21-14-17(26)12-16(23(21)34-15-22(30)27-18-8-4-2-5-9-18)13-20-24(31)28-29(25(20)32)19-10-6-3-7-11-19/h2-14H,15H2,1H3,(H,27,30)(H,28,31). The average molecular weight is 478 g/mol. The van der Waals surface area contributed by atoms with E-state index in [9.17, 15) is 14.4 Å². The Bertz CT molecular complexity index is 1260. The van der Waals surface area contributed by atoms with Gasteiger partial charge in [-0.3, -0.25) is 19.8 Å². The fraction of sp³-hybridized carbons (Fsp3) is 0.0800. The number of amides is 3. The Morgan fingerprint density at radius 2 is 1.74 bits per heavy atom. The molecule has 1 heterocycles. The number of carbonyl (C=O) groups is 3. The first-order valence-corrected chi connectivity index (χ1v) is 10.6. The fourth-order valence-corrected chi connectivity index (χ4v) is 3.55. The van der Waals surface area contributed by atoms with Crippen molar-refractivity contribution in [3.63, 3.8) is 0 Å². The molecule has 1 saturated heterocycles. The monoisotopic (exact) mass is 477 g/mol. The van der Waals surface area contributed by atoms with E-state index < -0.39 is 17.7 Å². The van der Waals surface area contributed by atoms with Gasteiger partial charge in [0.1, 0.15) is 5.57 Å². The van der Waals surface area contributed by atoms with Crippen molar-refractivity contribution in [3.05, 3.63) is 89.0 Å². The van der Waals surface area contributed by atoms with Crippen molar-refractivity contribution in [3.8, 4) is 11.5 Å². The van der Waals surface area contributed by atoms with Gasteiger partial charge in [-0.05, 0) is 36.4 Å². The lowest BCUT2D eigenvalue weighted by Gasteiger charge is -2.15. The third-order valence-corrected chi connectivity index (χ3v) is 5.10. The molecular formula is C25H20ClN3O5. The minimum Gasteiger partial charge on any atom is -0.493 e. The van der Waals surface area contributed by atoms with Crippen LogP contribution in [0.3, 0.4) is 0 Å². The number of benzene rings is 3. The van der Waals surface area contributed by atoms with E-state index in [4.69, 9.17) is 21.1 Å². The predicted molar refractivity (Wildman–Crippen MR) is 129 cm³/mol. The fourth-order valence-electron chi connectivity index (χ4n) is 3.33. The van der Waals surface area contributed by atoms with E-state index in [0.717, 1.165) is 5.01 Å². The molecule has 0 unspecified atom stereocenters. The van der Waals surface area contributed by atoms with E-state index >= 15 is 0 Å². The summed E-state index contributed by atoms with van der Waals surface area (Å²) in [6.45, 7) is -0.334. The number of methoxy groups -OCH3 is 1. The lowest BCUT2D eigenvalue weighted by molar-refractivity contribution is -0.118. The van der Waals surface area contributed by atoms with Gasteiger partial charge >= 0.3 is 0 Å². The van der Waals surface area contributed by atoms with Gasteiger partial charge in [-0.1, -0.05) is 48.0 Å². The minimum atomic E-state index is -0.583. The molecule has 0 aromatic heterocycles. The van der Waals surface area contributed by atoms with Crippen LogP contribution in [0.2, 0.25) is 5.02 Å². The molecule has 0 aliphatic carbocycles. The number of rotatable bonds is 7. The lowest BCUT2D eigenvalue weighted by Crippen LogP contribution is -2.35. The van der Waals surface area contributed by atoms with Crippen LogP contribution in [-0.4, -0.2) is 31.4 Å². The van der Waals surface area contributed by atoms with Crippen LogP contribution in [0.25, 0.3) is 6.08 Å². The van der Waals surface area contributed by atoms with Crippen molar-refractivity contribution in [2.24, 2.45) is 0 Å². The molecule has 2 N–H and O–H groups in total. The molecule has 172 valence electrons. The predicted octanol–water partition coefficient (Wildman–Crippen LogP) is 3.83. The van der Waals surface area contributed by atoms with Crippen LogP contribution < -0.4 is 25.2 Å². The van der Waals surface area contributed by atoms with Crippen molar-refractivity contribution < 1.29 is 23.9 Å². The number of carbonyl (C=O) groups excluding carboxylic acids is 3. The number of nitrogens with zero attached hydrogens (tertiary/aromatic N) is 1. The van der Waals surface area contributed by atoms with Gasteiger partial charge in [0.15, 0.2) is 18.1 Å². The highest BCUT2D eigenvalue weighted by Gasteiger charge is 2.34. The number of hydrogen-bond acceptors (Lipinski definition) is 5. The summed E-state index contributed by atoms with van der Waals surface area (Å²) in [4.78, 5) is 37.9. The molecule has 0 radical (unpaired) electrons. The SMILES string of the molecule is COc1cc(Cl)cc(C=C2C(=O)NN(c3ccccc3)C2=O)c1OCC(=O)Nc1ccccc1. The van der Waals surface area contributed by atoms with Crippen LogP contribution >= 0.6 is 11.6 Å². The Balaban J connectivity index is 1.61. The molecule has 1 aliphatic heterocycles. The minimum absolute atomic E-state index is 0.119. The van der Waals surface area contributed by atoms with E-state index in [1.165, 1.54) is 25.3 Å². The van der Waals surface area contributed by atoms with Crippen LogP contribution in [0, 0.1) is 0 Å². The zero-order valence-electron chi connectivity index (χ0n) is 18.1. The summed E-state index contributed by atoms with van der Waals surface area (Å²) in [5.74, 6) is -1.10. The van der Waals surface area contributed by atoms with E-state index in [0.29, 0.717) is 22.0 Å². The van der Waals surface area contributed by atoms with Crippen LogP contribution in [0.5, 0.6) is 11.5 Å². The summed E-state index contributed by atoms with van der Waals surface area (Å²) in [5.41, 5.74) is 3.87.